The van der Waals surface area contributed by atoms with E-state index in [2.05, 4.69) is 10.4 Å². The van der Waals surface area contributed by atoms with Gasteiger partial charge in [0.05, 0.1) is 13.1 Å². The van der Waals surface area contributed by atoms with E-state index in [1.165, 1.54) is 10.7 Å². The zero-order chi connectivity index (χ0) is 17.3. The van der Waals surface area contributed by atoms with E-state index in [4.69, 9.17) is 5.73 Å². The van der Waals surface area contributed by atoms with Crippen LogP contribution in [-0.2, 0) is 12.8 Å². The van der Waals surface area contributed by atoms with Gasteiger partial charge in [0.1, 0.15) is 11.5 Å². The van der Waals surface area contributed by atoms with Crippen molar-refractivity contribution >= 4 is 18.3 Å². The minimum absolute atomic E-state index is 0. The highest BCUT2D eigenvalue weighted by Crippen LogP contribution is 2.28. The molecule has 1 aromatic carbocycles. The molecule has 1 amide bonds. The smallest absolute Gasteiger partial charge is 0.277 e. The molecule has 0 unspecified atom stereocenters. The molecule has 0 fully saturated rings. The van der Waals surface area contributed by atoms with Crippen LogP contribution in [0.15, 0.2) is 24.3 Å². The van der Waals surface area contributed by atoms with Crippen molar-refractivity contribution in [1.82, 2.24) is 15.1 Å². The van der Waals surface area contributed by atoms with E-state index in [1.54, 1.807) is 18.2 Å². The molecule has 0 aliphatic heterocycles. The third kappa shape index (κ3) is 3.80. The fourth-order valence-corrected chi connectivity index (χ4v) is 2.81. The zero-order valence-electron chi connectivity index (χ0n) is 13.3. The van der Waals surface area contributed by atoms with Gasteiger partial charge < -0.3 is 11.1 Å². The molecule has 0 atom stereocenters. The molecule has 0 saturated heterocycles. The molecule has 3 rings (SSSR count). The van der Waals surface area contributed by atoms with Crippen LogP contribution in [0.3, 0.4) is 0 Å². The summed E-state index contributed by atoms with van der Waals surface area (Å²) in [6.07, 6.45) is 2.07. The molecule has 5 nitrogen and oxygen atoms in total. The first-order valence-corrected chi connectivity index (χ1v) is 7.65. The Labute approximate surface area is 148 Å². The minimum Gasteiger partial charge on any atom is -0.345 e. The van der Waals surface area contributed by atoms with Crippen molar-refractivity contribution in [3.63, 3.8) is 0 Å². The molecule has 0 saturated carbocycles. The third-order valence-electron chi connectivity index (χ3n) is 4.03. The number of rotatable bonds is 5. The molecule has 9 heteroatoms. The number of carbonyl (C=O) groups is 1. The summed E-state index contributed by atoms with van der Waals surface area (Å²) in [5, 5.41) is 6.34. The highest BCUT2D eigenvalue weighted by atomic mass is 35.5. The molecule has 1 aliphatic rings. The number of benzene rings is 1. The molecule has 0 radical (unpaired) electrons. The second-order valence-corrected chi connectivity index (χ2v) is 5.73. The molecule has 0 bridgehead atoms. The van der Waals surface area contributed by atoms with Crippen LogP contribution < -0.4 is 11.1 Å². The normalized spacial score (nSPS) is 13.3. The monoisotopic (exact) mass is 374 g/mol. The summed E-state index contributed by atoms with van der Waals surface area (Å²) in [6.45, 7) is -1.71. The number of hydrogen-bond acceptors (Lipinski definition) is 3. The van der Waals surface area contributed by atoms with Crippen molar-refractivity contribution in [3.05, 3.63) is 47.0 Å². The van der Waals surface area contributed by atoms with Gasteiger partial charge >= 0.3 is 0 Å². The number of amides is 1. The van der Waals surface area contributed by atoms with E-state index < -0.39 is 30.7 Å². The lowest BCUT2D eigenvalue weighted by Crippen LogP contribution is -2.41. The Bertz CT molecular complexity index is 779. The second kappa shape index (κ2) is 7.45. The van der Waals surface area contributed by atoms with Crippen LogP contribution in [0.4, 0.5) is 13.2 Å². The van der Waals surface area contributed by atoms with Gasteiger partial charge in [0, 0.05) is 11.3 Å². The maximum absolute atomic E-state index is 14.0. The Morgan fingerprint density at radius 3 is 2.72 bits per heavy atom. The average Bonchev–Trinajstić information content (AvgIpc) is 3.16. The van der Waals surface area contributed by atoms with E-state index >= 15 is 0 Å². The van der Waals surface area contributed by atoms with Crippen molar-refractivity contribution in [2.24, 2.45) is 5.73 Å². The van der Waals surface area contributed by atoms with Gasteiger partial charge in [0.15, 0.2) is 5.69 Å². The molecule has 1 aliphatic carbocycles. The van der Waals surface area contributed by atoms with Gasteiger partial charge in [-0.3, -0.25) is 4.79 Å². The second-order valence-electron chi connectivity index (χ2n) is 5.73. The van der Waals surface area contributed by atoms with E-state index in [-0.39, 0.29) is 23.8 Å². The van der Waals surface area contributed by atoms with Crippen molar-refractivity contribution in [2.75, 3.05) is 13.1 Å². The lowest BCUT2D eigenvalue weighted by Gasteiger charge is -2.14. The summed E-state index contributed by atoms with van der Waals surface area (Å²) >= 11 is 0. The first-order chi connectivity index (χ1) is 11.4. The lowest BCUT2D eigenvalue weighted by molar-refractivity contribution is 0.0118. The van der Waals surface area contributed by atoms with Gasteiger partial charge in [0.25, 0.3) is 11.8 Å². The van der Waals surface area contributed by atoms with Gasteiger partial charge in [0.2, 0.25) is 0 Å². The van der Waals surface area contributed by atoms with Crippen molar-refractivity contribution < 1.29 is 18.0 Å². The molecular formula is C16H18ClF3N4O. The quantitative estimate of drug-likeness (QED) is 0.843. The standard InChI is InChI=1S/C16H17F3N4O.ClH/c17-11-5-1-2-6-13(11)23-12-7-3-4-10(12)14(22-23)15(24)21-9-16(18,19)8-20;/h1-2,5-6H,3-4,7-9,20H2,(H,21,24);1H. The zero-order valence-corrected chi connectivity index (χ0v) is 14.1. The maximum Gasteiger partial charge on any atom is 0.277 e. The Balaban J connectivity index is 0.00000225. The molecule has 0 spiro atoms. The Morgan fingerprint density at radius 1 is 1.32 bits per heavy atom. The molecule has 25 heavy (non-hydrogen) atoms. The molecule has 2 aromatic rings. The molecule has 1 heterocycles. The minimum atomic E-state index is -3.17. The van der Waals surface area contributed by atoms with E-state index in [0.717, 1.165) is 12.1 Å². The van der Waals surface area contributed by atoms with Crippen LogP contribution in [0.25, 0.3) is 5.69 Å². The number of nitrogens with two attached hydrogens (primary N) is 1. The Kier molecular flexibility index (Phi) is 5.74. The number of nitrogens with one attached hydrogen (secondary N) is 1. The number of aromatic nitrogens is 2. The summed E-state index contributed by atoms with van der Waals surface area (Å²) in [4.78, 5) is 12.2. The molecule has 1 aromatic heterocycles. The summed E-state index contributed by atoms with van der Waals surface area (Å²) in [7, 11) is 0. The van der Waals surface area contributed by atoms with E-state index in [9.17, 15) is 18.0 Å². The van der Waals surface area contributed by atoms with Crippen LogP contribution in [0.5, 0.6) is 0 Å². The van der Waals surface area contributed by atoms with Crippen LogP contribution in [-0.4, -0.2) is 34.7 Å². The summed E-state index contributed by atoms with van der Waals surface area (Å²) in [6, 6.07) is 6.10. The number of alkyl halides is 2. The van der Waals surface area contributed by atoms with E-state index in [0.29, 0.717) is 18.4 Å². The SMILES string of the molecule is Cl.NCC(F)(F)CNC(=O)c1nn(-c2ccccc2F)c2c1CCC2. The molecular weight excluding hydrogens is 357 g/mol. The lowest BCUT2D eigenvalue weighted by atomic mass is 10.2. The van der Waals surface area contributed by atoms with Crippen LogP contribution in [0.1, 0.15) is 28.2 Å². The topological polar surface area (TPSA) is 72.9 Å². The van der Waals surface area contributed by atoms with Crippen molar-refractivity contribution in [3.8, 4) is 5.69 Å². The maximum atomic E-state index is 14.0. The summed E-state index contributed by atoms with van der Waals surface area (Å²) in [5.74, 6) is -4.33. The Morgan fingerprint density at radius 2 is 2.04 bits per heavy atom. The van der Waals surface area contributed by atoms with Crippen LogP contribution in [0.2, 0.25) is 0 Å². The van der Waals surface area contributed by atoms with Crippen molar-refractivity contribution in [1.29, 1.82) is 0 Å². The first-order valence-electron chi connectivity index (χ1n) is 7.65. The predicted octanol–water partition coefficient (Wildman–Crippen LogP) is 2.25. The number of halogens is 4. The van der Waals surface area contributed by atoms with E-state index in [1.807, 2.05) is 0 Å². The fraction of sp³-hybridized carbons (Fsp3) is 0.375. The first kappa shape index (κ1) is 19.3. The number of nitrogens with zero attached hydrogens (tertiary/aromatic N) is 2. The van der Waals surface area contributed by atoms with Gasteiger partial charge in [-0.25, -0.2) is 17.9 Å². The number of para-hydroxylation sites is 1. The predicted molar refractivity (Wildman–Crippen MR) is 89.1 cm³/mol. The molecule has 3 N–H and O–H groups in total. The highest BCUT2D eigenvalue weighted by Gasteiger charge is 2.31. The third-order valence-corrected chi connectivity index (χ3v) is 4.03. The highest BCUT2D eigenvalue weighted by molar-refractivity contribution is 5.94. The van der Waals surface area contributed by atoms with Crippen LogP contribution >= 0.6 is 12.4 Å². The number of hydrogen-bond donors (Lipinski definition) is 2. The van der Waals surface area contributed by atoms with Gasteiger partial charge in [-0.1, -0.05) is 12.1 Å². The summed E-state index contributed by atoms with van der Waals surface area (Å²) < 4.78 is 41.8. The number of carbonyl (C=O) groups excluding carboxylic acids is 1. The fourth-order valence-electron chi connectivity index (χ4n) is 2.81. The van der Waals surface area contributed by atoms with Crippen LogP contribution in [0, 0.1) is 5.82 Å². The van der Waals surface area contributed by atoms with Crippen molar-refractivity contribution in [2.45, 2.75) is 25.2 Å². The van der Waals surface area contributed by atoms with Gasteiger partial charge in [-0.05, 0) is 31.4 Å². The van der Waals surface area contributed by atoms with Gasteiger partial charge in [-0.15, -0.1) is 12.4 Å². The summed E-state index contributed by atoms with van der Waals surface area (Å²) in [5.41, 5.74) is 6.69. The van der Waals surface area contributed by atoms with Gasteiger partial charge in [-0.2, -0.15) is 5.10 Å². The Hall–Kier alpha value is -2.06. The molecule has 136 valence electrons. The average molecular weight is 375 g/mol. The largest absolute Gasteiger partial charge is 0.345 e. The number of fused-ring (bicyclic) bond motifs is 1.